The number of unbranched alkanes of at least 4 members (excludes halogenated alkanes) is 19. The number of amides is 2. The van der Waals surface area contributed by atoms with Crippen LogP contribution in [0.15, 0.2) is 24.3 Å². The standard InChI is InChI=1S/C59H113N3O6/c1-8-15-20-24-29-32-38-48-60-59(65)55(44-36-30-27-28-31-37-45-57(64)68-53-54(42-19-12-5)43-35-23-18-11-4)62(50-41-49-61(13-6)14-7)56(63)46-47-58(66-51-39-33-25-21-16-9-2)67-52-40-34-26-22-17-10-3/h16-17,21-22,54-55,58H,8-15,18-20,23-53H2,1-7H3,(H,60,65)/b21-16-,22-17-. The molecule has 0 bridgehead atoms. The average Bonchev–Trinajstić information content (AvgIpc) is 3.34. The second-order valence-corrected chi connectivity index (χ2v) is 19.6. The molecule has 0 aromatic heterocycles. The minimum atomic E-state index is -0.501. The van der Waals surface area contributed by atoms with Gasteiger partial charge in [0.2, 0.25) is 11.8 Å². The van der Waals surface area contributed by atoms with E-state index in [1.165, 1.54) is 70.6 Å². The smallest absolute Gasteiger partial charge is 0.305 e. The third-order valence-electron chi connectivity index (χ3n) is 13.4. The Morgan fingerprint density at radius 2 is 1.03 bits per heavy atom. The quantitative estimate of drug-likeness (QED) is 0.0281. The molecular formula is C59H113N3O6. The van der Waals surface area contributed by atoms with Gasteiger partial charge in [0, 0.05) is 45.6 Å². The Kier molecular flexibility index (Phi) is 49.5. The minimum absolute atomic E-state index is 0.0122. The van der Waals surface area contributed by atoms with Crippen LogP contribution in [0.2, 0.25) is 0 Å². The van der Waals surface area contributed by atoms with E-state index in [0.717, 1.165) is 142 Å². The maximum atomic E-state index is 14.5. The summed E-state index contributed by atoms with van der Waals surface area (Å²) in [5.41, 5.74) is 0. The van der Waals surface area contributed by atoms with Gasteiger partial charge in [-0.3, -0.25) is 14.4 Å². The second-order valence-electron chi connectivity index (χ2n) is 19.6. The molecule has 0 saturated heterocycles. The molecule has 0 rings (SSSR count). The second kappa shape index (κ2) is 51.1. The first-order valence-electron chi connectivity index (χ1n) is 29.3. The zero-order chi connectivity index (χ0) is 50.0. The Hall–Kier alpha value is -2.23. The summed E-state index contributed by atoms with van der Waals surface area (Å²) >= 11 is 0. The van der Waals surface area contributed by atoms with Crippen molar-refractivity contribution < 1.29 is 28.6 Å². The summed E-state index contributed by atoms with van der Waals surface area (Å²) in [6, 6.07) is -0.501. The third-order valence-corrected chi connectivity index (χ3v) is 13.4. The first kappa shape index (κ1) is 65.8. The lowest BCUT2D eigenvalue weighted by Crippen LogP contribution is -2.50. The summed E-state index contributed by atoms with van der Waals surface area (Å²) in [6.07, 6.45) is 43.4. The molecule has 0 spiro atoms. The zero-order valence-corrected chi connectivity index (χ0v) is 46.1. The number of carbonyl (C=O) groups is 3. The molecule has 2 atom stereocenters. The predicted molar refractivity (Wildman–Crippen MR) is 290 cm³/mol. The van der Waals surface area contributed by atoms with Crippen LogP contribution < -0.4 is 5.32 Å². The first-order chi connectivity index (χ1) is 33.3. The van der Waals surface area contributed by atoms with Crippen molar-refractivity contribution >= 4 is 17.8 Å². The molecule has 68 heavy (non-hydrogen) atoms. The highest BCUT2D eigenvalue weighted by Crippen LogP contribution is 2.20. The largest absolute Gasteiger partial charge is 0.465 e. The molecule has 0 radical (unpaired) electrons. The van der Waals surface area contributed by atoms with Gasteiger partial charge in [0.1, 0.15) is 6.04 Å². The van der Waals surface area contributed by atoms with Crippen LogP contribution in [0.1, 0.15) is 267 Å². The Labute approximate surface area is 421 Å². The number of nitrogens with one attached hydrogen (secondary N) is 1. The van der Waals surface area contributed by atoms with Crippen LogP contribution in [-0.2, 0) is 28.6 Å². The number of allylic oxidation sites excluding steroid dienone is 4. The summed E-state index contributed by atoms with van der Waals surface area (Å²) in [6.45, 7) is 21.2. The van der Waals surface area contributed by atoms with Crippen LogP contribution in [0.5, 0.6) is 0 Å². The lowest BCUT2D eigenvalue weighted by atomic mass is 9.96. The SMILES string of the molecule is CC/C=C\CCCCOC(CCC(=O)N(CCCN(CC)CC)C(CCCCCCCCC(=O)OCC(CCCC)CCCCCC)C(=O)NCCCCCCCCC)OCCCC/C=C\CC. The van der Waals surface area contributed by atoms with Gasteiger partial charge in [0.15, 0.2) is 6.29 Å². The molecular weight excluding hydrogens is 847 g/mol. The molecule has 0 aliphatic rings. The van der Waals surface area contributed by atoms with Gasteiger partial charge in [0.05, 0.1) is 6.61 Å². The third kappa shape index (κ3) is 40.5. The van der Waals surface area contributed by atoms with Crippen LogP contribution in [0.25, 0.3) is 0 Å². The average molecular weight is 961 g/mol. The fourth-order valence-electron chi connectivity index (χ4n) is 8.89. The van der Waals surface area contributed by atoms with Crippen LogP contribution in [0.4, 0.5) is 0 Å². The Morgan fingerprint density at radius 1 is 0.500 bits per heavy atom. The summed E-state index contributed by atoms with van der Waals surface area (Å²) in [4.78, 5) is 45.7. The maximum absolute atomic E-state index is 14.5. The van der Waals surface area contributed by atoms with Gasteiger partial charge in [0.25, 0.3) is 0 Å². The van der Waals surface area contributed by atoms with Crippen molar-refractivity contribution in [1.29, 1.82) is 0 Å². The topological polar surface area (TPSA) is 97.4 Å². The zero-order valence-electron chi connectivity index (χ0n) is 46.1. The van der Waals surface area contributed by atoms with Crippen molar-refractivity contribution in [3.63, 3.8) is 0 Å². The molecule has 400 valence electrons. The van der Waals surface area contributed by atoms with E-state index in [-0.39, 0.29) is 24.2 Å². The molecule has 2 amide bonds. The number of rotatable bonds is 52. The molecule has 2 unspecified atom stereocenters. The van der Waals surface area contributed by atoms with Crippen molar-refractivity contribution in [2.45, 2.75) is 279 Å². The van der Waals surface area contributed by atoms with Crippen LogP contribution in [-0.4, -0.2) is 92.5 Å². The summed E-state index contributed by atoms with van der Waals surface area (Å²) in [5.74, 6) is 0.451. The Morgan fingerprint density at radius 3 is 1.62 bits per heavy atom. The van der Waals surface area contributed by atoms with E-state index in [0.29, 0.717) is 58.1 Å². The number of hydrogen-bond donors (Lipinski definition) is 1. The van der Waals surface area contributed by atoms with E-state index in [9.17, 15) is 14.4 Å². The molecule has 0 aliphatic carbocycles. The Bertz CT molecular complexity index is 1150. The summed E-state index contributed by atoms with van der Waals surface area (Å²) in [7, 11) is 0. The van der Waals surface area contributed by atoms with Crippen molar-refractivity contribution in [1.82, 2.24) is 15.1 Å². The number of esters is 1. The minimum Gasteiger partial charge on any atom is -0.465 e. The van der Waals surface area contributed by atoms with Crippen LogP contribution in [0, 0.1) is 5.92 Å². The monoisotopic (exact) mass is 960 g/mol. The molecule has 0 aliphatic heterocycles. The molecule has 0 saturated carbocycles. The van der Waals surface area contributed by atoms with Crippen LogP contribution >= 0.6 is 0 Å². The highest BCUT2D eigenvalue weighted by Gasteiger charge is 2.30. The number of nitrogens with zero attached hydrogens (tertiary/aromatic N) is 2. The molecule has 0 fully saturated rings. The van der Waals surface area contributed by atoms with Gasteiger partial charge in [-0.25, -0.2) is 0 Å². The van der Waals surface area contributed by atoms with E-state index < -0.39 is 12.3 Å². The molecule has 0 aromatic carbocycles. The fraction of sp³-hybridized carbons (Fsp3) is 0.881. The van der Waals surface area contributed by atoms with Crippen molar-refractivity contribution in [3.8, 4) is 0 Å². The highest BCUT2D eigenvalue weighted by molar-refractivity contribution is 5.87. The number of ether oxygens (including phenoxy) is 3. The predicted octanol–water partition coefficient (Wildman–Crippen LogP) is 15.6. The normalized spacial score (nSPS) is 12.8. The molecule has 9 heteroatoms. The van der Waals surface area contributed by atoms with Crippen LogP contribution in [0.3, 0.4) is 0 Å². The Balaban J connectivity index is 5.72. The van der Waals surface area contributed by atoms with Gasteiger partial charge >= 0.3 is 5.97 Å². The van der Waals surface area contributed by atoms with Crippen molar-refractivity contribution in [2.24, 2.45) is 5.92 Å². The molecule has 9 nitrogen and oxygen atoms in total. The highest BCUT2D eigenvalue weighted by atomic mass is 16.7. The van der Waals surface area contributed by atoms with Crippen molar-refractivity contribution in [3.05, 3.63) is 24.3 Å². The maximum Gasteiger partial charge on any atom is 0.305 e. The van der Waals surface area contributed by atoms with Crippen molar-refractivity contribution in [2.75, 3.05) is 52.5 Å². The summed E-state index contributed by atoms with van der Waals surface area (Å²) in [5, 5.41) is 3.29. The number of carbonyl (C=O) groups excluding carboxylic acids is 3. The first-order valence-corrected chi connectivity index (χ1v) is 29.3. The van der Waals surface area contributed by atoms with Gasteiger partial charge in [-0.2, -0.15) is 0 Å². The fourth-order valence-corrected chi connectivity index (χ4v) is 8.89. The lowest BCUT2D eigenvalue weighted by molar-refractivity contribution is -0.156. The molecule has 0 heterocycles. The van der Waals surface area contributed by atoms with E-state index in [1.54, 1.807) is 0 Å². The van der Waals surface area contributed by atoms with Gasteiger partial charge in [-0.05, 0) is 115 Å². The summed E-state index contributed by atoms with van der Waals surface area (Å²) < 4.78 is 18.4. The van der Waals surface area contributed by atoms with E-state index in [1.807, 2.05) is 4.90 Å². The van der Waals surface area contributed by atoms with E-state index >= 15 is 0 Å². The lowest BCUT2D eigenvalue weighted by Gasteiger charge is -2.32. The van der Waals surface area contributed by atoms with Gasteiger partial charge in [-0.15, -0.1) is 0 Å². The molecule has 0 aromatic rings. The van der Waals surface area contributed by atoms with E-state index in [2.05, 4.69) is 83.0 Å². The number of hydrogen-bond acceptors (Lipinski definition) is 7. The van der Waals surface area contributed by atoms with Gasteiger partial charge in [-0.1, -0.05) is 182 Å². The van der Waals surface area contributed by atoms with Gasteiger partial charge < -0.3 is 29.3 Å². The molecule has 1 N–H and O–H groups in total. The van der Waals surface area contributed by atoms with E-state index in [4.69, 9.17) is 14.2 Å².